The molecule has 0 atom stereocenters. The molecule has 68 valence electrons. The summed E-state index contributed by atoms with van der Waals surface area (Å²) >= 11 is 1.48. The Kier molecular flexibility index (Phi) is 2.16. The summed E-state index contributed by atoms with van der Waals surface area (Å²) in [6, 6.07) is 9.73. The van der Waals surface area contributed by atoms with Crippen LogP contribution in [0.15, 0.2) is 36.2 Å². The number of hydrogen-bond acceptors (Lipinski definition) is 3. The quantitative estimate of drug-likeness (QED) is 0.495. The molecule has 0 amide bonds. The van der Waals surface area contributed by atoms with Crippen molar-refractivity contribution >= 4 is 16.9 Å². The van der Waals surface area contributed by atoms with Crippen LogP contribution in [0.1, 0.15) is 5.56 Å². The highest BCUT2D eigenvalue weighted by Crippen LogP contribution is 2.27. The van der Waals surface area contributed by atoms with E-state index < -0.39 is 0 Å². The summed E-state index contributed by atoms with van der Waals surface area (Å²) < 4.78 is 0. The fourth-order valence-corrected chi connectivity index (χ4v) is 2.05. The van der Waals surface area contributed by atoms with Crippen molar-refractivity contribution in [3.63, 3.8) is 0 Å². The number of nitrogens with zero attached hydrogens (tertiary/aromatic N) is 1. The zero-order valence-electron chi connectivity index (χ0n) is 7.23. The average Bonchev–Trinajstić information content (AvgIpc) is 2.49. The monoisotopic (exact) mass is 194 g/mol. The van der Waals surface area contributed by atoms with Gasteiger partial charge in [-0.1, -0.05) is 30.3 Å². The largest absolute Gasteiger partial charge is 0.856 e. The van der Waals surface area contributed by atoms with Crippen molar-refractivity contribution in [3.05, 3.63) is 41.8 Å². The van der Waals surface area contributed by atoms with Gasteiger partial charge in [-0.25, -0.2) is 5.01 Å². The SMILES string of the molecule is CN1[NH2+]SC(c2ccccc2)=C1[O-]. The van der Waals surface area contributed by atoms with Gasteiger partial charge in [0, 0.05) is 5.88 Å². The lowest BCUT2D eigenvalue weighted by Crippen LogP contribution is -2.83. The molecular weight excluding hydrogens is 184 g/mol. The van der Waals surface area contributed by atoms with E-state index >= 15 is 0 Å². The average molecular weight is 194 g/mol. The fourth-order valence-electron chi connectivity index (χ4n) is 1.17. The molecule has 1 aliphatic rings. The van der Waals surface area contributed by atoms with Crippen molar-refractivity contribution in [3.8, 4) is 0 Å². The standard InChI is InChI=1S/C9H10N2OS/c1-11-9(12)8(13-10-11)7-5-3-2-4-6-7/h2-6,10,12H,1H3. The third kappa shape index (κ3) is 1.50. The summed E-state index contributed by atoms with van der Waals surface area (Å²) in [5, 5.41) is 13.1. The van der Waals surface area contributed by atoms with E-state index in [-0.39, 0.29) is 5.88 Å². The van der Waals surface area contributed by atoms with Crippen LogP contribution < -0.4 is 9.94 Å². The van der Waals surface area contributed by atoms with Gasteiger partial charge in [-0.3, -0.25) is 0 Å². The second-order valence-corrected chi connectivity index (χ2v) is 3.69. The predicted octanol–water partition coefficient (Wildman–Crippen LogP) is -0.255. The molecule has 0 aliphatic carbocycles. The summed E-state index contributed by atoms with van der Waals surface area (Å²) in [5.41, 5.74) is 0.998. The lowest BCUT2D eigenvalue weighted by atomic mass is 10.2. The van der Waals surface area contributed by atoms with Gasteiger partial charge in [0.15, 0.2) is 0 Å². The zero-order chi connectivity index (χ0) is 9.26. The van der Waals surface area contributed by atoms with E-state index in [9.17, 15) is 5.11 Å². The van der Waals surface area contributed by atoms with Crippen LogP contribution in [0.4, 0.5) is 0 Å². The van der Waals surface area contributed by atoms with Crippen LogP contribution in [0.3, 0.4) is 0 Å². The molecule has 0 spiro atoms. The molecule has 13 heavy (non-hydrogen) atoms. The molecule has 0 fully saturated rings. The minimum Gasteiger partial charge on any atom is -0.856 e. The number of nitrogens with two attached hydrogens (primary N) is 1. The van der Waals surface area contributed by atoms with Gasteiger partial charge in [-0.05, 0) is 5.56 Å². The Balaban J connectivity index is 2.38. The second kappa shape index (κ2) is 3.32. The normalized spacial score (nSPS) is 16.8. The molecule has 0 saturated heterocycles. The number of hydrogen-bond donors (Lipinski definition) is 1. The molecular formula is C9H10N2OS. The summed E-state index contributed by atoms with van der Waals surface area (Å²) in [6.45, 7) is 0. The van der Waals surface area contributed by atoms with Gasteiger partial charge in [0.05, 0.1) is 12.0 Å². The zero-order valence-corrected chi connectivity index (χ0v) is 8.04. The van der Waals surface area contributed by atoms with E-state index in [1.54, 1.807) is 12.1 Å². The van der Waals surface area contributed by atoms with Gasteiger partial charge in [-0.15, -0.1) is 0 Å². The second-order valence-electron chi connectivity index (χ2n) is 2.83. The molecule has 1 aliphatic heterocycles. The highest BCUT2D eigenvalue weighted by atomic mass is 32.2. The van der Waals surface area contributed by atoms with Crippen LogP contribution >= 0.6 is 11.9 Å². The summed E-state index contributed by atoms with van der Waals surface area (Å²) in [6.07, 6.45) is 0. The molecule has 1 heterocycles. The van der Waals surface area contributed by atoms with E-state index in [0.717, 1.165) is 10.5 Å². The third-order valence-electron chi connectivity index (χ3n) is 1.88. The summed E-state index contributed by atoms with van der Waals surface area (Å²) in [4.78, 5) is 2.63. The first-order valence-corrected chi connectivity index (χ1v) is 4.86. The Morgan fingerprint density at radius 1 is 1.31 bits per heavy atom. The van der Waals surface area contributed by atoms with Crippen molar-refractivity contribution < 1.29 is 9.94 Å². The summed E-state index contributed by atoms with van der Waals surface area (Å²) in [5.74, 6) is 0.0798. The van der Waals surface area contributed by atoms with Gasteiger partial charge in [0.1, 0.15) is 11.9 Å². The molecule has 0 radical (unpaired) electrons. The van der Waals surface area contributed by atoms with E-state index in [2.05, 4.69) is 0 Å². The van der Waals surface area contributed by atoms with Crippen molar-refractivity contribution in [2.24, 2.45) is 0 Å². The van der Waals surface area contributed by atoms with E-state index in [4.69, 9.17) is 0 Å². The minimum absolute atomic E-state index is 0.0798. The van der Waals surface area contributed by atoms with Crippen molar-refractivity contribution in [2.75, 3.05) is 7.05 Å². The Bertz CT molecular complexity index is 337. The van der Waals surface area contributed by atoms with Crippen molar-refractivity contribution in [1.29, 1.82) is 0 Å². The fraction of sp³-hybridized carbons (Fsp3) is 0.111. The maximum Gasteiger partial charge on any atom is 0.137 e. The molecule has 2 rings (SSSR count). The minimum atomic E-state index is 0.0798. The molecule has 0 unspecified atom stereocenters. The molecule has 1 aromatic rings. The highest BCUT2D eigenvalue weighted by molar-refractivity contribution is 8.02. The van der Waals surface area contributed by atoms with Gasteiger partial charge >= 0.3 is 0 Å². The van der Waals surface area contributed by atoms with Crippen LogP contribution in [-0.4, -0.2) is 12.1 Å². The first kappa shape index (κ1) is 8.47. The lowest BCUT2D eigenvalue weighted by Gasteiger charge is -2.14. The molecule has 0 bridgehead atoms. The van der Waals surface area contributed by atoms with E-state index in [1.807, 2.05) is 35.2 Å². The first-order valence-electron chi connectivity index (χ1n) is 3.98. The molecule has 1 aromatic carbocycles. The number of quaternary nitrogens is 1. The van der Waals surface area contributed by atoms with Crippen LogP contribution in [0.2, 0.25) is 0 Å². The highest BCUT2D eigenvalue weighted by Gasteiger charge is 2.18. The number of rotatable bonds is 1. The Morgan fingerprint density at radius 3 is 2.54 bits per heavy atom. The Hall–Kier alpha value is -1.13. The molecule has 0 aromatic heterocycles. The van der Waals surface area contributed by atoms with Crippen molar-refractivity contribution in [1.82, 2.24) is 5.01 Å². The molecule has 4 heteroatoms. The maximum atomic E-state index is 11.5. The topological polar surface area (TPSA) is 42.9 Å². The Morgan fingerprint density at radius 2 is 2.00 bits per heavy atom. The number of benzene rings is 1. The van der Waals surface area contributed by atoms with Gasteiger partial charge in [0.25, 0.3) is 0 Å². The van der Waals surface area contributed by atoms with E-state index in [0.29, 0.717) is 0 Å². The van der Waals surface area contributed by atoms with Gasteiger partial charge < -0.3 is 5.11 Å². The third-order valence-corrected chi connectivity index (χ3v) is 2.95. The van der Waals surface area contributed by atoms with Crippen LogP contribution in [-0.2, 0) is 0 Å². The van der Waals surface area contributed by atoms with E-state index in [1.165, 1.54) is 11.9 Å². The molecule has 2 N–H and O–H groups in total. The van der Waals surface area contributed by atoms with Crippen LogP contribution in [0, 0.1) is 0 Å². The molecule has 3 nitrogen and oxygen atoms in total. The first-order chi connectivity index (χ1) is 6.29. The Labute approximate surface area is 81.2 Å². The van der Waals surface area contributed by atoms with Crippen LogP contribution in [0.5, 0.6) is 0 Å². The smallest absolute Gasteiger partial charge is 0.137 e. The maximum absolute atomic E-state index is 11.5. The van der Waals surface area contributed by atoms with Gasteiger partial charge in [-0.2, -0.15) is 4.83 Å². The lowest BCUT2D eigenvalue weighted by molar-refractivity contribution is -0.665. The molecule has 0 saturated carbocycles. The van der Waals surface area contributed by atoms with Gasteiger partial charge in [0.2, 0.25) is 0 Å². The summed E-state index contributed by atoms with van der Waals surface area (Å²) in [7, 11) is 1.77. The predicted molar refractivity (Wildman–Crippen MR) is 50.6 cm³/mol. The van der Waals surface area contributed by atoms with Crippen molar-refractivity contribution in [2.45, 2.75) is 0 Å². The van der Waals surface area contributed by atoms with Crippen LogP contribution in [0.25, 0.3) is 4.91 Å².